The van der Waals surface area contributed by atoms with Gasteiger partial charge in [-0.1, -0.05) is 41.9 Å². The van der Waals surface area contributed by atoms with Gasteiger partial charge in [0.15, 0.2) is 11.2 Å². The van der Waals surface area contributed by atoms with Crippen LogP contribution in [0.1, 0.15) is 12.5 Å². The number of rotatable bonds is 5. The van der Waals surface area contributed by atoms with Crippen LogP contribution < -0.4 is 16.0 Å². The summed E-state index contributed by atoms with van der Waals surface area (Å²) in [6.07, 6.45) is 1.87. The summed E-state index contributed by atoms with van der Waals surface area (Å²) < 4.78 is 11.8. The molecule has 8 nitrogen and oxygen atoms in total. The highest BCUT2D eigenvalue weighted by molar-refractivity contribution is 6.32. The van der Waals surface area contributed by atoms with E-state index in [9.17, 15) is 9.59 Å². The summed E-state index contributed by atoms with van der Waals surface area (Å²) in [4.78, 5) is 30.1. The molecule has 0 amide bonds. The molecule has 0 unspecified atom stereocenters. The van der Waals surface area contributed by atoms with Gasteiger partial charge >= 0.3 is 5.69 Å². The topological polar surface area (TPSA) is 75.5 Å². The van der Waals surface area contributed by atoms with Gasteiger partial charge in [-0.3, -0.25) is 18.3 Å². The fraction of sp³-hybridized carbons (Fsp3) is 0.208. The van der Waals surface area contributed by atoms with Crippen molar-refractivity contribution < 1.29 is 4.74 Å². The van der Waals surface area contributed by atoms with Gasteiger partial charge in [-0.25, -0.2) is 4.79 Å². The van der Waals surface area contributed by atoms with E-state index in [0.29, 0.717) is 40.9 Å². The molecule has 0 saturated carbocycles. The molecule has 3 heterocycles. The molecule has 0 spiro atoms. The maximum absolute atomic E-state index is 13.0. The summed E-state index contributed by atoms with van der Waals surface area (Å²) in [7, 11) is 3.09. The Kier molecular flexibility index (Phi) is 5.09. The molecule has 0 saturated heterocycles. The van der Waals surface area contributed by atoms with Crippen molar-refractivity contribution in [3.05, 3.63) is 86.2 Å². The Morgan fingerprint density at radius 3 is 2.48 bits per heavy atom. The van der Waals surface area contributed by atoms with Crippen LogP contribution in [0.25, 0.3) is 28.2 Å². The average molecular weight is 464 g/mol. The number of halogens is 1. The van der Waals surface area contributed by atoms with E-state index in [-0.39, 0.29) is 0 Å². The van der Waals surface area contributed by atoms with Crippen LogP contribution in [-0.4, -0.2) is 29.7 Å². The van der Waals surface area contributed by atoms with E-state index in [4.69, 9.17) is 21.3 Å². The van der Waals surface area contributed by atoms with Crippen LogP contribution >= 0.6 is 11.6 Å². The van der Waals surface area contributed by atoms with Crippen molar-refractivity contribution >= 4 is 28.5 Å². The number of hydrogen-bond acceptors (Lipinski definition) is 4. The zero-order chi connectivity index (χ0) is 23.3. The number of aryl methyl sites for hydroxylation is 1. The van der Waals surface area contributed by atoms with E-state index in [0.717, 1.165) is 21.4 Å². The van der Waals surface area contributed by atoms with Crippen molar-refractivity contribution in [3.63, 3.8) is 0 Å². The van der Waals surface area contributed by atoms with Gasteiger partial charge in [-0.2, -0.15) is 4.98 Å². The van der Waals surface area contributed by atoms with Crippen molar-refractivity contribution in [1.29, 1.82) is 0 Å². The van der Waals surface area contributed by atoms with Crippen molar-refractivity contribution in [2.75, 3.05) is 6.61 Å². The number of benzene rings is 2. The normalized spacial score (nSPS) is 11.5. The number of nitrogens with zero attached hydrogens (tertiary/aromatic N) is 5. The number of imidazole rings is 2. The molecule has 0 aliphatic carbocycles. The Balaban J connectivity index is 1.81. The van der Waals surface area contributed by atoms with Gasteiger partial charge in [0.1, 0.15) is 5.75 Å². The largest absolute Gasteiger partial charge is 0.492 e. The van der Waals surface area contributed by atoms with Gasteiger partial charge < -0.3 is 9.30 Å². The molecule has 0 aliphatic rings. The smallest absolute Gasteiger partial charge is 0.332 e. The molecule has 168 valence electrons. The fourth-order valence-electron chi connectivity index (χ4n) is 4.10. The minimum Gasteiger partial charge on any atom is -0.492 e. The second-order valence-corrected chi connectivity index (χ2v) is 8.23. The van der Waals surface area contributed by atoms with Gasteiger partial charge in [0.05, 0.1) is 23.9 Å². The third-order valence-electron chi connectivity index (χ3n) is 5.77. The molecule has 0 fully saturated rings. The number of fused-ring (bicyclic) bond motifs is 3. The quantitative estimate of drug-likeness (QED) is 0.400. The average Bonchev–Trinajstić information content (AvgIpc) is 3.35. The van der Waals surface area contributed by atoms with E-state index < -0.39 is 11.2 Å². The minimum atomic E-state index is -0.415. The Morgan fingerprint density at radius 1 is 1.03 bits per heavy atom. The molecule has 5 rings (SSSR count). The predicted molar refractivity (Wildman–Crippen MR) is 128 cm³/mol. The third-order valence-corrected chi connectivity index (χ3v) is 6.06. The zero-order valence-corrected chi connectivity index (χ0v) is 19.2. The highest BCUT2D eigenvalue weighted by atomic mass is 35.5. The molecule has 3 aromatic heterocycles. The Bertz CT molecular complexity index is 1630. The first kappa shape index (κ1) is 21.1. The molecule has 0 bridgehead atoms. The third kappa shape index (κ3) is 3.34. The maximum atomic E-state index is 13.0. The van der Waals surface area contributed by atoms with E-state index >= 15 is 0 Å². The number of aromatic nitrogens is 5. The monoisotopic (exact) mass is 463 g/mol. The summed E-state index contributed by atoms with van der Waals surface area (Å²) in [5.41, 5.74) is 2.65. The first-order valence-corrected chi connectivity index (χ1v) is 10.9. The lowest BCUT2D eigenvalue weighted by Gasteiger charge is -2.11. The van der Waals surface area contributed by atoms with Gasteiger partial charge in [0.25, 0.3) is 5.56 Å². The molecule has 0 aliphatic heterocycles. The van der Waals surface area contributed by atoms with Gasteiger partial charge in [-0.05, 0) is 30.7 Å². The summed E-state index contributed by atoms with van der Waals surface area (Å²) >= 11 is 6.47. The van der Waals surface area contributed by atoms with Crippen LogP contribution in [0.5, 0.6) is 5.75 Å². The van der Waals surface area contributed by atoms with Gasteiger partial charge in [0.2, 0.25) is 5.78 Å². The molecule has 0 radical (unpaired) electrons. The first-order valence-electron chi connectivity index (χ1n) is 10.5. The second-order valence-electron chi connectivity index (χ2n) is 7.82. The summed E-state index contributed by atoms with van der Waals surface area (Å²) in [5.74, 6) is 1.18. The molecule has 0 N–H and O–H groups in total. The molecule has 5 aromatic rings. The van der Waals surface area contributed by atoms with Crippen LogP contribution in [0, 0.1) is 0 Å². The zero-order valence-electron chi connectivity index (χ0n) is 18.4. The van der Waals surface area contributed by atoms with Crippen LogP contribution in [0.4, 0.5) is 0 Å². The first-order chi connectivity index (χ1) is 15.9. The van der Waals surface area contributed by atoms with E-state index in [1.54, 1.807) is 11.4 Å². The van der Waals surface area contributed by atoms with Gasteiger partial charge in [-0.15, -0.1) is 0 Å². The van der Waals surface area contributed by atoms with Crippen LogP contribution in [-0.2, 0) is 20.6 Å². The SMILES string of the molecule is CCOc1ccc(-c2cn3c4c(=O)n(C)c(=O)n(C)c4nc3n2Cc2ccccc2)cc1Cl. The van der Waals surface area contributed by atoms with Crippen molar-refractivity contribution in [3.8, 4) is 17.0 Å². The fourth-order valence-corrected chi connectivity index (χ4v) is 4.34. The Labute approximate surface area is 193 Å². The van der Waals surface area contributed by atoms with Gasteiger partial charge in [0, 0.05) is 25.9 Å². The lowest BCUT2D eigenvalue weighted by atomic mass is 10.1. The molecular formula is C24H22ClN5O3. The molecule has 33 heavy (non-hydrogen) atoms. The summed E-state index contributed by atoms with van der Waals surface area (Å²) in [5, 5.41) is 0.502. The lowest BCUT2D eigenvalue weighted by Crippen LogP contribution is -2.37. The Morgan fingerprint density at radius 2 is 1.79 bits per heavy atom. The van der Waals surface area contributed by atoms with Crippen molar-refractivity contribution in [1.82, 2.24) is 23.1 Å². The highest BCUT2D eigenvalue weighted by Crippen LogP contribution is 2.32. The van der Waals surface area contributed by atoms with Crippen molar-refractivity contribution in [2.24, 2.45) is 14.1 Å². The molecule has 0 atom stereocenters. The molecule has 9 heteroatoms. The summed E-state index contributed by atoms with van der Waals surface area (Å²) in [6, 6.07) is 15.6. The second kappa shape index (κ2) is 7.97. The molecular weight excluding hydrogens is 442 g/mol. The Hall–Kier alpha value is -3.78. The van der Waals surface area contributed by atoms with E-state index in [2.05, 4.69) is 0 Å². The predicted octanol–water partition coefficient (Wildman–Crippen LogP) is 3.45. The number of ether oxygens (including phenoxy) is 1. The lowest BCUT2D eigenvalue weighted by molar-refractivity contribution is 0.340. The van der Waals surface area contributed by atoms with Crippen LogP contribution in [0.3, 0.4) is 0 Å². The summed E-state index contributed by atoms with van der Waals surface area (Å²) in [6.45, 7) is 2.95. The maximum Gasteiger partial charge on any atom is 0.332 e. The van der Waals surface area contributed by atoms with E-state index in [1.807, 2.05) is 66.2 Å². The number of hydrogen-bond donors (Lipinski definition) is 0. The van der Waals surface area contributed by atoms with Crippen LogP contribution in [0.15, 0.2) is 64.3 Å². The van der Waals surface area contributed by atoms with Crippen molar-refractivity contribution in [2.45, 2.75) is 13.5 Å². The standard InChI is InChI=1S/C24H22ClN5O3/c1-4-33-19-11-10-16(12-17(19)25)18-14-30-20-21(27(2)24(32)28(3)22(20)31)26-23(30)29(18)13-15-8-6-5-7-9-15/h5-12,14H,4,13H2,1-3H3. The highest BCUT2D eigenvalue weighted by Gasteiger charge is 2.21. The minimum absolute atomic E-state index is 0.344. The van der Waals surface area contributed by atoms with E-state index in [1.165, 1.54) is 11.6 Å². The van der Waals surface area contributed by atoms with Crippen LogP contribution in [0.2, 0.25) is 5.02 Å². The molecule has 2 aromatic carbocycles.